The molecule has 1 fully saturated rings. The Labute approximate surface area is 131 Å². The van der Waals surface area contributed by atoms with Crippen molar-refractivity contribution in [3.8, 4) is 0 Å². The molecule has 1 saturated carbocycles. The lowest BCUT2D eigenvalue weighted by atomic mass is 9.83. The quantitative estimate of drug-likeness (QED) is 0.605. The second-order valence-electron chi connectivity index (χ2n) is 6.40. The summed E-state index contributed by atoms with van der Waals surface area (Å²) < 4.78 is 28.5. The van der Waals surface area contributed by atoms with Gasteiger partial charge in [-0.15, -0.1) is 0 Å². The van der Waals surface area contributed by atoms with E-state index >= 15 is 0 Å². The van der Waals surface area contributed by atoms with Crippen molar-refractivity contribution in [1.82, 2.24) is 14.3 Å². The number of hydrogen-bond donors (Lipinski definition) is 2. The fraction of sp³-hybridized carbons (Fsp3) is 1.00. The van der Waals surface area contributed by atoms with Crippen LogP contribution in [0.1, 0.15) is 52.4 Å². The predicted octanol–water partition coefficient (Wildman–Crippen LogP) is 1.97. The van der Waals surface area contributed by atoms with Crippen molar-refractivity contribution in [1.29, 1.82) is 0 Å². The minimum atomic E-state index is -3.31. The zero-order valence-corrected chi connectivity index (χ0v) is 14.7. The molecule has 0 aliphatic heterocycles. The second-order valence-corrected chi connectivity index (χ2v) is 8.27. The summed E-state index contributed by atoms with van der Waals surface area (Å²) in [7, 11) is -1.65. The molecule has 0 heterocycles. The maximum Gasteiger partial charge on any atom is 0.279 e. The molecule has 0 amide bonds. The van der Waals surface area contributed by atoms with Gasteiger partial charge in [0, 0.05) is 20.1 Å². The fourth-order valence-corrected chi connectivity index (χ4v) is 3.75. The molecular formula is C15H33N3O2S. The second kappa shape index (κ2) is 9.77. The highest BCUT2D eigenvalue weighted by molar-refractivity contribution is 7.87. The minimum Gasteiger partial charge on any atom is -0.317 e. The van der Waals surface area contributed by atoms with Gasteiger partial charge < -0.3 is 5.32 Å². The van der Waals surface area contributed by atoms with Crippen molar-refractivity contribution in [3.05, 3.63) is 0 Å². The van der Waals surface area contributed by atoms with Gasteiger partial charge in [0.2, 0.25) is 0 Å². The lowest BCUT2D eigenvalue weighted by Gasteiger charge is -2.27. The summed E-state index contributed by atoms with van der Waals surface area (Å²) in [6.45, 7) is 7.42. The highest BCUT2D eigenvalue weighted by Crippen LogP contribution is 2.27. The Balaban J connectivity index is 2.22. The van der Waals surface area contributed by atoms with E-state index in [-0.39, 0.29) is 0 Å². The predicted molar refractivity (Wildman–Crippen MR) is 88.5 cm³/mol. The highest BCUT2D eigenvalue weighted by Gasteiger charge is 2.22. The summed E-state index contributed by atoms with van der Waals surface area (Å²) >= 11 is 0. The first-order chi connectivity index (χ1) is 9.95. The normalized spacial score (nSPS) is 23.6. The van der Waals surface area contributed by atoms with Crippen LogP contribution in [0.4, 0.5) is 0 Å². The van der Waals surface area contributed by atoms with E-state index in [0.29, 0.717) is 19.0 Å². The average Bonchev–Trinajstić information content (AvgIpc) is 2.46. The van der Waals surface area contributed by atoms with Crippen molar-refractivity contribution in [2.24, 2.45) is 11.8 Å². The first-order valence-electron chi connectivity index (χ1n) is 8.37. The molecule has 0 spiro atoms. The van der Waals surface area contributed by atoms with E-state index in [9.17, 15) is 8.42 Å². The van der Waals surface area contributed by atoms with Crippen molar-refractivity contribution >= 4 is 10.2 Å². The number of rotatable bonds is 10. The summed E-state index contributed by atoms with van der Waals surface area (Å²) in [6, 6.07) is 0. The molecule has 0 unspecified atom stereocenters. The van der Waals surface area contributed by atoms with Crippen LogP contribution < -0.4 is 10.0 Å². The maximum absolute atomic E-state index is 12.2. The lowest BCUT2D eigenvalue weighted by molar-refractivity contribution is 0.289. The Bertz CT molecular complexity index is 365. The molecule has 5 nitrogen and oxygen atoms in total. The van der Waals surface area contributed by atoms with Gasteiger partial charge in [0.05, 0.1) is 0 Å². The lowest BCUT2D eigenvalue weighted by Crippen LogP contribution is -2.41. The van der Waals surface area contributed by atoms with Crippen molar-refractivity contribution in [3.63, 3.8) is 0 Å². The zero-order valence-electron chi connectivity index (χ0n) is 13.9. The van der Waals surface area contributed by atoms with E-state index in [1.165, 1.54) is 17.1 Å². The van der Waals surface area contributed by atoms with Gasteiger partial charge in [0.15, 0.2) is 0 Å². The number of hydrogen-bond acceptors (Lipinski definition) is 3. The Kier molecular flexibility index (Phi) is 8.78. The minimum absolute atomic E-state index is 0.510. The smallest absolute Gasteiger partial charge is 0.279 e. The van der Waals surface area contributed by atoms with E-state index in [0.717, 1.165) is 44.7 Å². The fourth-order valence-electron chi connectivity index (χ4n) is 2.72. The van der Waals surface area contributed by atoms with Crippen LogP contribution in [-0.4, -0.2) is 45.9 Å². The third-order valence-corrected chi connectivity index (χ3v) is 5.89. The van der Waals surface area contributed by atoms with E-state index in [4.69, 9.17) is 0 Å². The molecule has 0 bridgehead atoms. The topological polar surface area (TPSA) is 61.4 Å². The summed E-state index contributed by atoms with van der Waals surface area (Å²) in [4.78, 5) is 0. The van der Waals surface area contributed by atoms with Crippen molar-refractivity contribution < 1.29 is 8.42 Å². The molecule has 0 atom stereocenters. The first-order valence-corrected chi connectivity index (χ1v) is 9.81. The third-order valence-electron chi connectivity index (χ3n) is 4.35. The first kappa shape index (κ1) is 18.9. The molecule has 1 rings (SSSR count). The van der Waals surface area contributed by atoms with Gasteiger partial charge in [-0.3, -0.25) is 0 Å². The van der Waals surface area contributed by atoms with Crippen LogP contribution in [0.3, 0.4) is 0 Å². The van der Waals surface area contributed by atoms with Gasteiger partial charge >= 0.3 is 0 Å². The Morgan fingerprint density at radius 2 is 1.81 bits per heavy atom. The molecular weight excluding hydrogens is 286 g/mol. The van der Waals surface area contributed by atoms with Crippen molar-refractivity contribution in [2.75, 3.05) is 33.2 Å². The van der Waals surface area contributed by atoms with Gasteiger partial charge in [-0.1, -0.05) is 26.7 Å². The summed E-state index contributed by atoms with van der Waals surface area (Å²) in [5.41, 5.74) is 0. The molecule has 1 aliphatic rings. The van der Waals surface area contributed by atoms with E-state index in [2.05, 4.69) is 23.9 Å². The molecule has 6 heteroatoms. The summed E-state index contributed by atoms with van der Waals surface area (Å²) in [5, 5.41) is 3.29. The Morgan fingerprint density at radius 1 is 1.14 bits per heavy atom. The molecule has 0 aromatic rings. The van der Waals surface area contributed by atoms with E-state index in [1.54, 1.807) is 7.05 Å². The SMILES string of the molecule is CCCNCCCN(C)S(=O)(=O)NCC1CCC(C)CC1. The van der Waals surface area contributed by atoms with Gasteiger partial charge in [-0.2, -0.15) is 12.7 Å². The molecule has 2 N–H and O–H groups in total. The molecule has 1 aliphatic carbocycles. The van der Waals surface area contributed by atoms with Gasteiger partial charge in [-0.05, 0) is 50.6 Å². The maximum atomic E-state index is 12.2. The van der Waals surface area contributed by atoms with Crippen LogP contribution in [-0.2, 0) is 10.2 Å². The largest absolute Gasteiger partial charge is 0.317 e. The van der Waals surface area contributed by atoms with Crippen LogP contribution in [0, 0.1) is 11.8 Å². The van der Waals surface area contributed by atoms with Gasteiger partial charge in [0.1, 0.15) is 0 Å². The van der Waals surface area contributed by atoms with Crippen molar-refractivity contribution in [2.45, 2.75) is 52.4 Å². The summed E-state index contributed by atoms with van der Waals surface area (Å²) in [5.74, 6) is 1.31. The number of nitrogens with one attached hydrogen (secondary N) is 2. The molecule has 21 heavy (non-hydrogen) atoms. The third kappa shape index (κ3) is 7.58. The monoisotopic (exact) mass is 319 g/mol. The van der Waals surface area contributed by atoms with Crippen LogP contribution in [0.2, 0.25) is 0 Å². The van der Waals surface area contributed by atoms with Crippen LogP contribution in [0.15, 0.2) is 0 Å². The van der Waals surface area contributed by atoms with Crippen LogP contribution in [0.25, 0.3) is 0 Å². The van der Waals surface area contributed by atoms with E-state index < -0.39 is 10.2 Å². The van der Waals surface area contributed by atoms with Crippen LogP contribution >= 0.6 is 0 Å². The molecule has 0 radical (unpaired) electrons. The van der Waals surface area contributed by atoms with Gasteiger partial charge in [0.25, 0.3) is 10.2 Å². The Hall–Kier alpha value is -0.170. The van der Waals surface area contributed by atoms with Gasteiger partial charge in [-0.25, -0.2) is 4.72 Å². The standard InChI is InChI=1S/C15H33N3O2S/c1-4-10-16-11-5-12-18(3)21(19,20)17-13-15-8-6-14(2)7-9-15/h14-17H,4-13H2,1-3H3. The van der Waals surface area contributed by atoms with E-state index in [1.807, 2.05) is 0 Å². The average molecular weight is 320 g/mol. The Morgan fingerprint density at radius 3 is 2.43 bits per heavy atom. The highest BCUT2D eigenvalue weighted by atomic mass is 32.2. The number of nitrogens with zero attached hydrogens (tertiary/aromatic N) is 1. The molecule has 0 aromatic carbocycles. The summed E-state index contributed by atoms with van der Waals surface area (Å²) in [6.07, 6.45) is 6.70. The molecule has 0 aromatic heterocycles. The zero-order chi connectivity index (χ0) is 15.7. The van der Waals surface area contributed by atoms with Crippen LogP contribution in [0.5, 0.6) is 0 Å². The molecule has 126 valence electrons. The molecule has 0 saturated heterocycles.